The highest BCUT2D eigenvalue weighted by molar-refractivity contribution is 7.08. The number of aromatic nitrogens is 2. The molecule has 1 N–H and O–H groups in total. The molecular weight excluding hydrogens is 364 g/mol. The number of thiophene rings is 1. The molecule has 0 unspecified atom stereocenters. The standard InChI is InChI=1S/C19H18N4O3S/c1-12-3-2-4-14-17(12)18(25)20-8-9-23(14)16(24)6-5-15-21-22-19(26-15)13-7-10-27-11-13/h2-4,7,10-11H,5-6,8-9H2,1H3,(H,20,25). The van der Waals surface area contributed by atoms with Crippen LogP contribution >= 0.6 is 11.3 Å². The molecular formula is C19H18N4O3S. The van der Waals surface area contributed by atoms with Gasteiger partial charge < -0.3 is 14.6 Å². The third-order valence-electron chi connectivity index (χ3n) is 4.48. The molecule has 7 nitrogen and oxygen atoms in total. The Morgan fingerprint density at radius 3 is 3.04 bits per heavy atom. The fourth-order valence-electron chi connectivity index (χ4n) is 3.13. The minimum Gasteiger partial charge on any atom is -0.421 e. The Bertz CT molecular complexity index is 981. The van der Waals surface area contributed by atoms with Gasteiger partial charge in [-0.25, -0.2) is 0 Å². The SMILES string of the molecule is Cc1cccc2c1C(=O)NCCN2C(=O)CCc1nnc(-c2ccsc2)o1. The number of anilines is 1. The number of fused-ring (bicyclic) bond motifs is 1. The summed E-state index contributed by atoms with van der Waals surface area (Å²) in [5.74, 6) is 0.673. The average Bonchev–Trinajstić information content (AvgIpc) is 3.31. The number of hydrogen-bond donors (Lipinski definition) is 1. The number of benzene rings is 1. The molecule has 0 saturated heterocycles. The van der Waals surface area contributed by atoms with E-state index in [0.717, 1.165) is 11.1 Å². The lowest BCUT2D eigenvalue weighted by Gasteiger charge is -2.22. The Balaban J connectivity index is 1.49. The smallest absolute Gasteiger partial charge is 0.253 e. The van der Waals surface area contributed by atoms with Gasteiger partial charge in [0.25, 0.3) is 5.91 Å². The molecule has 1 aliphatic heterocycles. The highest BCUT2D eigenvalue weighted by atomic mass is 32.1. The first-order valence-corrected chi connectivity index (χ1v) is 9.61. The zero-order chi connectivity index (χ0) is 18.8. The van der Waals surface area contributed by atoms with Gasteiger partial charge in [0.1, 0.15) is 0 Å². The van der Waals surface area contributed by atoms with Crippen LogP contribution in [-0.2, 0) is 11.2 Å². The van der Waals surface area contributed by atoms with E-state index in [-0.39, 0.29) is 18.2 Å². The molecule has 0 atom stereocenters. The van der Waals surface area contributed by atoms with Crippen LogP contribution in [0.25, 0.3) is 11.5 Å². The Morgan fingerprint density at radius 1 is 1.33 bits per heavy atom. The van der Waals surface area contributed by atoms with Crippen LogP contribution in [0.4, 0.5) is 5.69 Å². The van der Waals surface area contributed by atoms with Gasteiger partial charge in [0.15, 0.2) is 0 Å². The van der Waals surface area contributed by atoms with Crippen LogP contribution in [0.5, 0.6) is 0 Å². The van der Waals surface area contributed by atoms with Crippen molar-refractivity contribution in [1.82, 2.24) is 15.5 Å². The molecule has 0 fully saturated rings. The molecule has 1 aliphatic rings. The summed E-state index contributed by atoms with van der Waals surface area (Å²) in [6, 6.07) is 7.45. The average molecular weight is 382 g/mol. The third kappa shape index (κ3) is 3.48. The van der Waals surface area contributed by atoms with Crippen molar-refractivity contribution < 1.29 is 14.0 Å². The largest absolute Gasteiger partial charge is 0.421 e. The molecule has 0 aliphatic carbocycles. The molecule has 4 rings (SSSR count). The summed E-state index contributed by atoms with van der Waals surface area (Å²) in [6.07, 6.45) is 0.585. The maximum Gasteiger partial charge on any atom is 0.253 e. The van der Waals surface area contributed by atoms with Crippen LogP contribution in [0.3, 0.4) is 0 Å². The Labute approximate surface area is 160 Å². The molecule has 0 saturated carbocycles. The second-order valence-corrected chi connectivity index (χ2v) is 7.06. The summed E-state index contributed by atoms with van der Waals surface area (Å²) in [6.45, 7) is 2.73. The lowest BCUT2D eigenvalue weighted by Crippen LogP contribution is -2.35. The maximum atomic E-state index is 12.8. The van der Waals surface area contributed by atoms with Crippen molar-refractivity contribution in [2.45, 2.75) is 19.8 Å². The topological polar surface area (TPSA) is 88.3 Å². The molecule has 2 amide bonds. The molecule has 27 heavy (non-hydrogen) atoms. The molecule has 0 radical (unpaired) electrons. The van der Waals surface area contributed by atoms with E-state index in [1.54, 1.807) is 16.2 Å². The van der Waals surface area contributed by atoms with Gasteiger partial charge in [-0.15, -0.1) is 10.2 Å². The Hall–Kier alpha value is -3.00. The fourth-order valence-corrected chi connectivity index (χ4v) is 3.76. The highest BCUT2D eigenvalue weighted by Crippen LogP contribution is 2.26. The molecule has 8 heteroatoms. The second kappa shape index (κ2) is 7.32. The van der Waals surface area contributed by atoms with Crippen LogP contribution < -0.4 is 10.2 Å². The summed E-state index contributed by atoms with van der Waals surface area (Å²) >= 11 is 1.56. The number of amides is 2. The first kappa shape index (κ1) is 17.4. The third-order valence-corrected chi connectivity index (χ3v) is 5.16. The van der Waals surface area contributed by atoms with E-state index in [0.29, 0.717) is 42.5 Å². The molecule has 3 heterocycles. The van der Waals surface area contributed by atoms with Crippen LogP contribution in [0.2, 0.25) is 0 Å². The monoisotopic (exact) mass is 382 g/mol. The number of nitrogens with zero attached hydrogens (tertiary/aromatic N) is 3. The molecule has 0 bridgehead atoms. The van der Waals surface area contributed by atoms with Crippen LogP contribution in [0, 0.1) is 6.92 Å². The predicted molar refractivity (Wildman–Crippen MR) is 102 cm³/mol. The van der Waals surface area contributed by atoms with Crippen molar-refractivity contribution >= 4 is 28.8 Å². The summed E-state index contributed by atoms with van der Waals surface area (Å²) in [7, 11) is 0. The normalized spacial score (nSPS) is 13.8. The molecule has 138 valence electrons. The van der Waals surface area contributed by atoms with Gasteiger partial charge >= 0.3 is 0 Å². The van der Waals surface area contributed by atoms with Crippen molar-refractivity contribution in [2.24, 2.45) is 0 Å². The van der Waals surface area contributed by atoms with Gasteiger partial charge in [0.05, 0.1) is 11.3 Å². The van der Waals surface area contributed by atoms with Gasteiger partial charge in [0, 0.05) is 36.9 Å². The maximum absolute atomic E-state index is 12.8. The van der Waals surface area contributed by atoms with Crippen molar-refractivity contribution in [1.29, 1.82) is 0 Å². The predicted octanol–water partition coefficient (Wildman–Crippen LogP) is 2.82. The first-order chi connectivity index (χ1) is 13.1. The summed E-state index contributed by atoms with van der Waals surface area (Å²) < 4.78 is 5.64. The number of nitrogens with one attached hydrogen (secondary N) is 1. The molecule has 3 aromatic rings. The van der Waals surface area contributed by atoms with Gasteiger partial charge in [-0.3, -0.25) is 9.59 Å². The van der Waals surface area contributed by atoms with E-state index in [1.165, 1.54) is 0 Å². The van der Waals surface area contributed by atoms with E-state index in [9.17, 15) is 9.59 Å². The Morgan fingerprint density at radius 2 is 2.22 bits per heavy atom. The number of rotatable bonds is 4. The minimum absolute atomic E-state index is 0.0753. The number of hydrogen-bond acceptors (Lipinski definition) is 6. The number of carbonyl (C=O) groups is 2. The summed E-state index contributed by atoms with van der Waals surface area (Å²) in [5, 5.41) is 14.8. The first-order valence-electron chi connectivity index (χ1n) is 8.66. The van der Waals surface area contributed by atoms with Crippen molar-refractivity contribution in [3.8, 4) is 11.5 Å². The fraction of sp³-hybridized carbons (Fsp3) is 0.263. The van der Waals surface area contributed by atoms with Crippen LogP contribution in [-0.4, -0.2) is 35.1 Å². The van der Waals surface area contributed by atoms with Crippen molar-refractivity contribution in [3.05, 3.63) is 52.0 Å². The van der Waals surface area contributed by atoms with E-state index in [2.05, 4.69) is 15.5 Å². The zero-order valence-corrected chi connectivity index (χ0v) is 15.6. The van der Waals surface area contributed by atoms with Crippen molar-refractivity contribution in [3.63, 3.8) is 0 Å². The lowest BCUT2D eigenvalue weighted by molar-refractivity contribution is -0.118. The Kier molecular flexibility index (Phi) is 4.72. The van der Waals surface area contributed by atoms with Gasteiger partial charge in [-0.1, -0.05) is 12.1 Å². The van der Waals surface area contributed by atoms with Crippen molar-refractivity contribution in [2.75, 3.05) is 18.0 Å². The van der Waals surface area contributed by atoms with E-state index >= 15 is 0 Å². The molecule has 2 aromatic heterocycles. The summed E-state index contributed by atoms with van der Waals surface area (Å²) in [4.78, 5) is 26.8. The number of carbonyl (C=O) groups excluding carboxylic acids is 2. The second-order valence-electron chi connectivity index (χ2n) is 6.28. The van der Waals surface area contributed by atoms with E-state index in [4.69, 9.17) is 4.42 Å². The van der Waals surface area contributed by atoms with E-state index < -0.39 is 0 Å². The van der Waals surface area contributed by atoms with Gasteiger partial charge in [-0.2, -0.15) is 11.3 Å². The van der Waals surface area contributed by atoms with Crippen LogP contribution in [0.1, 0.15) is 28.2 Å². The minimum atomic E-state index is -0.143. The van der Waals surface area contributed by atoms with Gasteiger partial charge in [-0.05, 0) is 30.0 Å². The number of aryl methyl sites for hydroxylation is 2. The van der Waals surface area contributed by atoms with Crippen LogP contribution in [0.15, 0.2) is 39.4 Å². The summed E-state index contributed by atoms with van der Waals surface area (Å²) in [5.41, 5.74) is 2.94. The zero-order valence-electron chi connectivity index (χ0n) is 14.8. The molecule has 1 aromatic carbocycles. The quantitative estimate of drug-likeness (QED) is 0.750. The highest BCUT2D eigenvalue weighted by Gasteiger charge is 2.26. The van der Waals surface area contributed by atoms with E-state index in [1.807, 2.05) is 41.9 Å². The lowest BCUT2D eigenvalue weighted by atomic mass is 10.0. The van der Waals surface area contributed by atoms with Gasteiger partial charge in [0.2, 0.25) is 17.7 Å². The molecule has 0 spiro atoms.